The molecule has 0 aliphatic carbocycles. The van der Waals surface area contributed by atoms with Gasteiger partial charge in [-0.05, 0) is 52.6 Å². The first kappa shape index (κ1) is 23.4. The van der Waals surface area contributed by atoms with Gasteiger partial charge in [-0.25, -0.2) is 0 Å². The van der Waals surface area contributed by atoms with Gasteiger partial charge in [0.1, 0.15) is 11.4 Å². The number of rotatable bonds is 2. The van der Waals surface area contributed by atoms with Crippen molar-refractivity contribution < 1.29 is 26.3 Å². The first-order valence-electron chi connectivity index (χ1n) is 11.1. The van der Waals surface area contributed by atoms with Gasteiger partial charge in [0.25, 0.3) is 0 Å². The monoisotopic (exact) mass is 524 g/mol. The van der Waals surface area contributed by atoms with Crippen LogP contribution in [-0.4, -0.2) is 10.2 Å². The smallest absolute Gasteiger partial charge is 0.166 e. The molecule has 0 unspecified atom stereocenters. The average Bonchev–Trinajstić information content (AvgIpc) is 3.29. The van der Waals surface area contributed by atoms with Crippen LogP contribution in [0.4, 0.5) is 26.3 Å². The molecule has 0 saturated carbocycles. The molecule has 6 rings (SSSR count). The number of fused-ring (bicyclic) bond motifs is 3. The van der Waals surface area contributed by atoms with E-state index in [1.54, 1.807) is 24.3 Å². The first-order chi connectivity index (χ1) is 17.6. The molecule has 0 saturated heterocycles. The second-order valence-corrected chi connectivity index (χ2v) is 9.60. The van der Waals surface area contributed by atoms with E-state index in [1.165, 1.54) is 11.3 Å². The van der Waals surface area contributed by atoms with Crippen LogP contribution in [0.5, 0.6) is 0 Å². The molecule has 0 atom stereocenters. The maximum Gasteiger partial charge on any atom is 0.417 e. The number of hydrogen-bond acceptors (Lipinski definition) is 3. The van der Waals surface area contributed by atoms with Crippen LogP contribution in [0.15, 0.2) is 84.9 Å². The molecule has 0 spiro atoms. The van der Waals surface area contributed by atoms with E-state index in [9.17, 15) is 26.3 Å². The van der Waals surface area contributed by atoms with Crippen molar-refractivity contribution >= 4 is 43.0 Å². The Morgan fingerprint density at radius 2 is 1.05 bits per heavy atom. The number of alkyl halides is 6. The molecule has 2 nitrogen and oxygen atoms in total. The zero-order chi connectivity index (χ0) is 25.9. The molecule has 184 valence electrons. The van der Waals surface area contributed by atoms with Crippen LogP contribution >= 0.6 is 11.3 Å². The highest BCUT2D eigenvalue weighted by Gasteiger charge is 2.42. The summed E-state index contributed by atoms with van der Waals surface area (Å²) in [7, 11) is 0. The molecule has 0 bridgehead atoms. The van der Waals surface area contributed by atoms with Crippen LogP contribution in [0, 0.1) is 0 Å². The summed E-state index contributed by atoms with van der Waals surface area (Å²) in [6.07, 6.45) is -10.1. The van der Waals surface area contributed by atoms with Crippen molar-refractivity contribution in [2.24, 2.45) is 0 Å². The Morgan fingerprint density at radius 3 is 1.62 bits per heavy atom. The second-order valence-electron chi connectivity index (χ2n) is 8.51. The van der Waals surface area contributed by atoms with E-state index in [0.717, 1.165) is 21.5 Å². The summed E-state index contributed by atoms with van der Waals surface area (Å²) in [4.78, 5) is 0.709. The standard InChI is InChI=1S/C28H14F6N2S/c29-27(30,31)20-9-5-10-21(28(32,33)34)24(20)26-19-13-16-7-2-1-6-15(16)12-18(19)25(35-36-26)23-14-17-8-3-4-11-22(17)37-23/h1-14H. The summed E-state index contributed by atoms with van der Waals surface area (Å²) in [6, 6.07) is 22.0. The third-order valence-electron chi connectivity index (χ3n) is 6.22. The highest BCUT2D eigenvalue weighted by atomic mass is 32.1. The number of benzene rings is 4. The van der Waals surface area contributed by atoms with Crippen LogP contribution in [0.3, 0.4) is 0 Å². The fourth-order valence-corrected chi connectivity index (χ4v) is 5.65. The fraction of sp³-hybridized carbons (Fsp3) is 0.0714. The van der Waals surface area contributed by atoms with Gasteiger partial charge < -0.3 is 0 Å². The summed E-state index contributed by atoms with van der Waals surface area (Å²) >= 11 is 1.42. The number of thiophene rings is 1. The van der Waals surface area contributed by atoms with E-state index in [4.69, 9.17) is 0 Å². The maximum absolute atomic E-state index is 14.0. The van der Waals surface area contributed by atoms with E-state index in [1.807, 2.05) is 42.5 Å². The van der Waals surface area contributed by atoms with Crippen LogP contribution in [0.2, 0.25) is 0 Å². The number of hydrogen-bond donors (Lipinski definition) is 0. The molecule has 9 heteroatoms. The van der Waals surface area contributed by atoms with Crippen LogP contribution < -0.4 is 0 Å². The molecule has 0 aliphatic rings. The minimum atomic E-state index is -5.04. The lowest BCUT2D eigenvalue weighted by atomic mass is 9.92. The quantitative estimate of drug-likeness (QED) is 0.167. The van der Waals surface area contributed by atoms with Gasteiger partial charge in [-0.15, -0.1) is 21.5 Å². The molecule has 0 fully saturated rings. The Balaban J connectivity index is 1.74. The summed E-state index contributed by atoms with van der Waals surface area (Å²) in [5, 5.41) is 11.2. The Labute approximate surface area is 209 Å². The Morgan fingerprint density at radius 1 is 0.541 bits per heavy atom. The molecule has 0 amide bonds. The molecule has 4 aromatic carbocycles. The van der Waals surface area contributed by atoms with Crippen molar-refractivity contribution in [3.8, 4) is 21.8 Å². The van der Waals surface area contributed by atoms with Crippen molar-refractivity contribution in [2.45, 2.75) is 12.4 Å². The highest BCUT2D eigenvalue weighted by molar-refractivity contribution is 7.22. The molecule has 0 aliphatic heterocycles. The zero-order valence-electron chi connectivity index (χ0n) is 18.7. The Hall–Kier alpha value is -3.98. The van der Waals surface area contributed by atoms with E-state index >= 15 is 0 Å². The predicted molar refractivity (Wildman–Crippen MR) is 133 cm³/mol. The summed E-state index contributed by atoms with van der Waals surface area (Å²) in [6.45, 7) is 0. The average molecular weight is 524 g/mol. The summed E-state index contributed by atoms with van der Waals surface area (Å²) in [5.41, 5.74) is -3.94. The van der Waals surface area contributed by atoms with Gasteiger partial charge in [-0.1, -0.05) is 48.5 Å². The van der Waals surface area contributed by atoms with Gasteiger partial charge in [-0.3, -0.25) is 0 Å². The molecule has 2 heterocycles. The molecule has 37 heavy (non-hydrogen) atoms. The highest BCUT2D eigenvalue weighted by Crippen LogP contribution is 2.47. The van der Waals surface area contributed by atoms with Gasteiger partial charge >= 0.3 is 12.4 Å². The molecule has 6 aromatic rings. The first-order valence-corrected chi connectivity index (χ1v) is 11.9. The Kier molecular flexibility index (Phi) is 5.24. The fourth-order valence-electron chi connectivity index (χ4n) is 4.59. The van der Waals surface area contributed by atoms with Crippen molar-refractivity contribution in [3.05, 3.63) is 96.1 Å². The SMILES string of the molecule is FC(F)(F)c1cccc(C(F)(F)F)c1-c1nnc(-c2cc3ccccc3s2)c2cc3ccccc3cc12. The normalized spacial score (nSPS) is 12.6. The van der Waals surface area contributed by atoms with Crippen molar-refractivity contribution in [1.82, 2.24) is 10.2 Å². The van der Waals surface area contributed by atoms with Gasteiger partial charge in [0.05, 0.1) is 16.0 Å². The molecular weight excluding hydrogens is 510 g/mol. The maximum atomic E-state index is 14.0. The van der Waals surface area contributed by atoms with E-state index in [-0.39, 0.29) is 5.39 Å². The summed E-state index contributed by atoms with van der Waals surface area (Å²) < 4.78 is 85.0. The van der Waals surface area contributed by atoms with Crippen LogP contribution in [-0.2, 0) is 12.4 Å². The number of aromatic nitrogens is 2. The van der Waals surface area contributed by atoms with Crippen molar-refractivity contribution in [2.75, 3.05) is 0 Å². The summed E-state index contributed by atoms with van der Waals surface area (Å²) in [5.74, 6) is 0. The Bertz CT molecular complexity index is 1750. The molecule has 2 aromatic heterocycles. The van der Waals surface area contributed by atoms with Gasteiger partial charge in [-0.2, -0.15) is 26.3 Å². The predicted octanol–water partition coefficient (Wildman–Crippen LogP) is 9.37. The minimum Gasteiger partial charge on any atom is -0.166 e. The number of halogens is 6. The largest absolute Gasteiger partial charge is 0.417 e. The minimum absolute atomic E-state index is 0.156. The lowest BCUT2D eigenvalue weighted by Crippen LogP contribution is -2.15. The van der Waals surface area contributed by atoms with Crippen LogP contribution in [0.1, 0.15) is 11.1 Å². The van der Waals surface area contributed by atoms with Gasteiger partial charge in [0, 0.05) is 21.0 Å². The van der Waals surface area contributed by atoms with Crippen molar-refractivity contribution in [1.29, 1.82) is 0 Å². The van der Waals surface area contributed by atoms with Gasteiger partial charge in [0.15, 0.2) is 0 Å². The lowest BCUT2D eigenvalue weighted by molar-refractivity contribution is -0.142. The van der Waals surface area contributed by atoms with Gasteiger partial charge in [0.2, 0.25) is 0 Å². The number of nitrogens with zero attached hydrogens (tertiary/aromatic N) is 2. The molecular formula is C28H14F6N2S. The molecule has 0 N–H and O–H groups in total. The van der Waals surface area contributed by atoms with E-state index in [0.29, 0.717) is 33.5 Å². The van der Waals surface area contributed by atoms with E-state index < -0.39 is 34.7 Å². The van der Waals surface area contributed by atoms with Crippen LogP contribution in [0.25, 0.3) is 53.5 Å². The van der Waals surface area contributed by atoms with E-state index in [2.05, 4.69) is 10.2 Å². The molecule has 0 radical (unpaired) electrons. The zero-order valence-corrected chi connectivity index (χ0v) is 19.5. The second kappa shape index (κ2) is 8.27. The van der Waals surface area contributed by atoms with Crippen molar-refractivity contribution in [3.63, 3.8) is 0 Å². The third-order valence-corrected chi connectivity index (χ3v) is 7.34. The lowest BCUT2D eigenvalue weighted by Gasteiger charge is -2.19. The topological polar surface area (TPSA) is 25.8 Å². The third kappa shape index (κ3) is 3.99.